The third kappa shape index (κ3) is 4.55. The molecule has 2 amide bonds. The Kier molecular flexibility index (Phi) is 5.96. The molecule has 1 heterocycles. The third-order valence-corrected chi connectivity index (χ3v) is 7.83. The Morgan fingerprint density at radius 2 is 2.03 bits per heavy atom. The van der Waals surface area contributed by atoms with Crippen LogP contribution in [0, 0.1) is 18.7 Å². The van der Waals surface area contributed by atoms with E-state index in [-0.39, 0.29) is 46.2 Å². The average Bonchev–Trinajstić information content (AvgIpc) is 3.17. The van der Waals surface area contributed by atoms with Crippen molar-refractivity contribution in [3.63, 3.8) is 0 Å². The van der Waals surface area contributed by atoms with Crippen molar-refractivity contribution in [3.8, 4) is 5.75 Å². The standard InChI is InChI=1S/C22H25ClFN3O3S/c1-13-10-21(27-20(29)18-11-25-14(2)31-18)5-7-22(13,8-6-21)26-19(28)12-30-15-3-4-16(23)17(24)9-15/h3-4,9,11,13H,5-8,10,12H2,1-2H3,(H,26,28)(H,27,29). The average molecular weight is 466 g/mol. The highest BCUT2D eigenvalue weighted by atomic mass is 35.5. The first kappa shape index (κ1) is 22.0. The van der Waals surface area contributed by atoms with Gasteiger partial charge in [0.1, 0.15) is 16.4 Å². The molecule has 166 valence electrons. The Morgan fingerprint density at radius 3 is 2.65 bits per heavy atom. The highest BCUT2D eigenvalue weighted by molar-refractivity contribution is 7.13. The highest BCUT2D eigenvalue weighted by Crippen LogP contribution is 2.50. The monoisotopic (exact) mass is 465 g/mol. The van der Waals surface area contributed by atoms with Crippen LogP contribution in [0.5, 0.6) is 5.75 Å². The zero-order valence-electron chi connectivity index (χ0n) is 17.5. The molecule has 0 aliphatic heterocycles. The number of benzene rings is 1. The molecule has 9 heteroatoms. The van der Waals surface area contributed by atoms with Gasteiger partial charge >= 0.3 is 0 Å². The Hall–Kier alpha value is -2.19. The summed E-state index contributed by atoms with van der Waals surface area (Å²) in [6.45, 7) is 3.81. The summed E-state index contributed by atoms with van der Waals surface area (Å²) in [7, 11) is 0. The molecule has 2 bridgehead atoms. The second kappa shape index (κ2) is 8.39. The van der Waals surface area contributed by atoms with E-state index in [0.717, 1.165) is 37.1 Å². The molecule has 0 spiro atoms. The zero-order valence-corrected chi connectivity index (χ0v) is 19.0. The fraction of sp³-hybridized carbons (Fsp3) is 0.500. The lowest BCUT2D eigenvalue weighted by Crippen LogP contribution is -2.67. The van der Waals surface area contributed by atoms with Gasteiger partial charge in [0.05, 0.1) is 16.2 Å². The molecule has 1 unspecified atom stereocenters. The molecule has 1 atom stereocenters. The Bertz CT molecular complexity index is 1000. The number of hydrogen-bond donors (Lipinski definition) is 2. The van der Waals surface area contributed by atoms with Gasteiger partial charge in [-0.2, -0.15) is 0 Å². The van der Waals surface area contributed by atoms with E-state index < -0.39 is 5.82 Å². The number of nitrogens with one attached hydrogen (secondary N) is 2. The number of hydrogen-bond acceptors (Lipinski definition) is 5. The highest BCUT2D eigenvalue weighted by Gasteiger charge is 2.54. The van der Waals surface area contributed by atoms with E-state index in [9.17, 15) is 14.0 Å². The van der Waals surface area contributed by atoms with E-state index in [1.165, 1.54) is 29.5 Å². The number of amides is 2. The van der Waals surface area contributed by atoms with Crippen LogP contribution in [0.4, 0.5) is 4.39 Å². The minimum atomic E-state index is -0.585. The molecular weight excluding hydrogens is 441 g/mol. The fourth-order valence-electron chi connectivity index (χ4n) is 4.88. The van der Waals surface area contributed by atoms with Gasteiger partial charge in [-0.05, 0) is 57.1 Å². The molecular formula is C22H25ClFN3O3S. The summed E-state index contributed by atoms with van der Waals surface area (Å²) in [6.07, 6.45) is 5.63. The number of rotatable bonds is 6. The number of aryl methyl sites for hydroxylation is 1. The summed E-state index contributed by atoms with van der Waals surface area (Å²) in [6, 6.07) is 4.09. The van der Waals surface area contributed by atoms with E-state index in [0.29, 0.717) is 4.88 Å². The number of ether oxygens (including phenoxy) is 1. The van der Waals surface area contributed by atoms with E-state index in [2.05, 4.69) is 22.5 Å². The number of halogens is 2. The lowest BCUT2D eigenvalue weighted by Gasteiger charge is -2.57. The number of nitrogens with zero attached hydrogens (tertiary/aromatic N) is 1. The molecule has 2 N–H and O–H groups in total. The van der Waals surface area contributed by atoms with Crippen molar-refractivity contribution in [1.29, 1.82) is 0 Å². The molecule has 1 aromatic heterocycles. The zero-order chi connectivity index (χ0) is 22.2. The first-order valence-corrected chi connectivity index (χ1v) is 11.5. The maximum atomic E-state index is 13.5. The molecule has 31 heavy (non-hydrogen) atoms. The fourth-order valence-corrected chi connectivity index (χ4v) is 5.67. The number of aromatic nitrogens is 1. The minimum Gasteiger partial charge on any atom is -0.484 e. The Morgan fingerprint density at radius 1 is 1.29 bits per heavy atom. The summed E-state index contributed by atoms with van der Waals surface area (Å²) >= 11 is 7.07. The van der Waals surface area contributed by atoms with E-state index >= 15 is 0 Å². The molecule has 2 aromatic rings. The maximum absolute atomic E-state index is 13.5. The first-order valence-electron chi connectivity index (χ1n) is 10.3. The van der Waals surface area contributed by atoms with Gasteiger partial charge in [-0.3, -0.25) is 9.59 Å². The smallest absolute Gasteiger partial charge is 0.263 e. The topological polar surface area (TPSA) is 80.3 Å². The van der Waals surface area contributed by atoms with Crippen LogP contribution in [0.3, 0.4) is 0 Å². The number of thiazole rings is 1. The molecule has 3 fully saturated rings. The second-order valence-corrected chi connectivity index (χ2v) is 10.3. The van der Waals surface area contributed by atoms with Crippen molar-refractivity contribution in [2.24, 2.45) is 5.92 Å². The molecule has 0 radical (unpaired) electrons. The molecule has 3 aliphatic rings. The van der Waals surface area contributed by atoms with Crippen molar-refractivity contribution in [1.82, 2.24) is 15.6 Å². The van der Waals surface area contributed by atoms with Crippen LogP contribution >= 0.6 is 22.9 Å². The molecule has 3 saturated carbocycles. The number of carbonyl (C=O) groups excluding carboxylic acids is 2. The Labute approximate surface area is 189 Å². The number of fused-ring (bicyclic) bond motifs is 3. The van der Waals surface area contributed by atoms with Crippen LogP contribution in [0.2, 0.25) is 5.02 Å². The minimum absolute atomic E-state index is 0.00924. The first-order chi connectivity index (χ1) is 14.7. The number of carbonyl (C=O) groups is 2. The summed E-state index contributed by atoms with van der Waals surface area (Å²) in [5.74, 6) is -0.427. The summed E-state index contributed by atoms with van der Waals surface area (Å²) in [4.78, 5) is 30.0. The molecule has 6 nitrogen and oxygen atoms in total. The van der Waals surface area contributed by atoms with Gasteiger partial charge in [0.2, 0.25) is 0 Å². The van der Waals surface area contributed by atoms with Gasteiger partial charge in [0.15, 0.2) is 6.61 Å². The van der Waals surface area contributed by atoms with Crippen LogP contribution in [-0.2, 0) is 4.79 Å². The third-order valence-electron chi connectivity index (χ3n) is 6.61. The van der Waals surface area contributed by atoms with E-state index in [1.807, 2.05) is 6.92 Å². The Balaban J connectivity index is 1.34. The van der Waals surface area contributed by atoms with Gasteiger partial charge in [-0.15, -0.1) is 11.3 Å². The molecule has 1 aromatic carbocycles. The molecule has 3 aliphatic carbocycles. The van der Waals surface area contributed by atoms with Gasteiger partial charge in [-0.25, -0.2) is 9.37 Å². The van der Waals surface area contributed by atoms with Crippen molar-refractivity contribution in [3.05, 3.63) is 45.1 Å². The van der Waals surface area contributed by atoms with Crippen molar-refractivity contribution in [2.75, 3.05) is 6.61 Å². The second-order valence-electron chi connectivity index (χ2n) is 8.65. The predicted molar refractivity (Wildman–Crippen MR) is 117 cm³/mol. The quantitative estimate of drug-likeness (QED) is 0.668. The van der Waals surface area contributed by atoms with Crippen LogP contribution in [0.15, 0.2) is 24.4 Å². The van der Waals surface area contributed by atoms with Gasteiger partial charge in [-0.1, -0.05) is 18.5 Å². The van der Waals surface area contributed by atoms with E-state index in [4.69, 9.17) is 16.3 Å². The summed E-state index contributed by atoms with van der Waals surface area (Å²) in [5, 5.41) is 7.30. The lowest BCUT2D eigenvalue weighted by atomic mass is 9.56. The van der Waals surface area contributed by atoms with Crippen LogP contribution in [-0.4, -0.2) is 34.5 Å². The van der Waals surface area contributed by atoms with Crippen LogP contribution in [0.1, 0.15) is 53.7 Å². The predicted octanol–water partition coefficient (Wildman–Crippen LogP) is 4.26. The molecule has 5 rings (SSSR count). The van der Waals surface area contributed by atoms with Crippen molar-refractivity contribution < 1.29 is 18.7 Å². The van der Waals surface area contributed by atoms with Gasteiger partial charge < -0.3 is 15.4 Å². The largest absolute Gasteiger partial charge is 0.484 e. The van der Waals surface area contributed by atoms with Crippen LogP contribution in [0.25, 0.3) is 0 Å². The summed E-state index contributed by atoms with van der Waals surface area (Å²) in [5.41, 5.74) is -0.544. The summed E-state index contributed by atoms with van der Waals surface area (Å²) < 4.78 is 19.0. The van der Waals surface area contributed by atoms with E-state index in [1.54, 1.807) is 6.20 Å². The normalized spacial score (nSPS) is 27.0. The van der Waals surface area contributed by atoms with Crippen molar-refractivity contribution in [2.45, 2.75) is 57.0 Å². The van der Waals surface area contributed by atoms with Crippen LogP contribution < -0.4 is 15.4 Å². The maximum Gasteiger partial charge on any atom is 0.263 e. The molecule has 0 saturated heterocycles. The van der Waals surface area contributed by atoms with Gasteiger partial charge in [0, 0.05) is 17.1 Å². The lowest BCUT2D eigenvalue weighted by molar-refractivity contribution is -0.128. The van der Waals surface area contributed by atoms with Gasteiger partial charge in [0.25, 0.3) is 11.8 Å². The van der Waals surface area contributed by atoms with Crippen molar-refractivity contribution >= 4 is 34.8 Å². The SMILES string of the molecule is Cc1ncc(C(=O)NC23CCC(NC(=O)COc4ccc(Cl)c(F)c4)(CC2)C(C)C3)s1.